The molecule has 0 aromatic heterocycles. The summed E-state index contributed by atoms with van der Waals surface area (Å²) in [5.41, 5.74) is -8.96. The lowest BCUT2D eigenvalue weighted by Gasteiger charge is -2.68. The number of allylic oxidation sites excluding steroid dienone is 1. The number of aliphatic hydroxyl groups excluding tert-OH is 1. The maximum Gasteiger partial charge on any atom is 0.333 e. The van der Waals surface area contributed by atoms with Gasteiger partial charge >= 0.3 is 5.97 Å². The van der Waals surface area contributed by atoms with Gasteiger partial charge in [-0.25, -0.2) is 4.79 Å². The third-order valence-electron chi connectivity index (χ3n) is 14.1. The third-order valence-corrected chi connectivity index (χ3v) is 14.1. The monoisotopic (exact) mass is 591 g/mol. The lowest BCUT2D eigenvalue weighted by molar-refractivity contribution is -0.354. The second kappa shape index (κ2) is 8.57. The smallest absolute Gasteiger partial charge is 0.333 e. The molecule has 236 valence electrons. The maximum atomic E-state index is 12.9. The zero-order valence-corrected chi connectivity index (χ0v) is 25.5. The topological polar surface area (TPSA) is 160 Å². The van der Waals surface area contributed by atoms with E-state index in [1.54, 1.807) is 26.8 Å². The first kappa shape index (κ1) is 29.6. The second-order valence-corrected chi connectivity index (χ2v) is 15.7. The number of fused-ring (bicyclic) bond motifs is 5. The van der Waals surface area contributed by atoms with Crippen molar-refractivity contribution in [3.63, 3.8) is 0 Å². The molecule has 7 fully saturated rings. The van der Waals surface area contributed by atoms with Gasteiger partial charge in [0.25, 0.3) is 0 Å². The number of rotatable bonds is 2. The number of carbonyl (C=O) groups excluding carboxylic acids is 1. The van der Waals surface area contributed by atoms with E-state index in [0.717, 1.165) is 6.42 Å². The predicted octanol–water partition coefficient (Wildman–Crippen LogP) is 0.991. The van der Waals surface area contributed by atoms with Crippen LogP contribution >= 0.6 is 0 Å². The van der Waals surface area contributed by atoms with Gasteiger partial charge < -0.3 is 40.1 Å². The average molecular weight is 592 g/mol. The summed E-state index contributed by atoms with van der Waals surface area (Å²) in [6, 6.07) is -0.387. The lowest BCUT2D eigenvalue weighted by Crippen LogP contribution is -2.85. The first-order valence-corrected chi connectivity index (χ1v) is 16.0. The molecule has 42 heavy (non-hydrogen) atoms. The number of hydrogen-bond donors (Lipinski definition) is 6. The summed E-state index contributed by atoms with van der Waals surface area (Å²) in [4.78, 5) is 14.9. The van der Waals surface area contributed by atoms with Gasteiger partial charge in [0, 0.05) is 60.7 Å². The van der Waals surface area contributed by atoms with Crippen molar-refractivity contribution < 1.29 is 44.9 Å². The summed E-state index contributed by atoms with van der Waals surface area (Å²) in [6.45, 7) is 10.1. The highest BCUT2D eigenvalue weighted by Crippen LogP contribution is 2.78. The Morgan fingerprint density at radius 2 is 1.64 bits per heavy atom. The van der Waals surface area contributed by atoms with Crippen LogP contribution in [0, 0.1) is 29.1 Å². The molecule has 14 atom stereocenters. The van der Waals surface area contributed by atoms with Gasteiger partial charge in [-0.2, -0.15) is 0 Å². The van der Waals surface area contributed by atoms with Crippen LogP contribution in [0.15, 0.2) is 11.6 Å². The van der Waals surface area contributed by atoms with E-state index in [1.807, 2.05) is 6.92 Å². The largest absolute Gasteiger partial charge is 0.453 e. The van der Waals surface area contributed by atoms with E-state index in [9.17, 15) is 35.4 Å². The summed E-state index contributed by atoms with van der Waals surface area (Å²) in [6.07, 6.45) is 2.30. The van der Waals surface area contributed by atoms with Crippen LogP contribution in [0.3, 0.4) is 0 Å². The van der Waals surface area contributed by atoms with Gasteiger partial charge in [0.2, 0.25) is 5.79 Å². The van der Waals surface area contributed by atoms with Crippen LogP contribution in [0.1, 0.15) is 86.0 Å². The summed E-state index contributed by atoms with van der Waals surface area (Å²) in [5.74, 6) is -4.05. The molecule has 3 aliphatic heterocycles. The molecule has 3 saturated heterocycles. The molecular weight excluding hydrogens is 542 g/mol. The summed E-state index contributed by atoms with van der Waals surface area (Å²) in [7, 11) is 0. The zero-order valence-electron chi connectivity index (χ0n) is 25.5. The lowest BCUT2D eigenvalue weighted by atomic mass is 9.49. The highest BCUT2D eigenvalue weighted by molar-refractivity contribution is 5.87. The van der Waals surface area contributed by atoms with E-state index in [1.165, 1.54) is 0 Å². The molecule has 3 heterocycles. The van der Waals surface area contributed by atoms with Crippen molar-refractivity contribution in [2.24, 2.45) is 29.1 Å². The van der Waals surface area contributed by atoms with Crippen molar-refractivity contribution in [2.75, 3.05) is 13.1 Å². The number of hydrogen-bond acceptors (Lipinski definition) is 10. The van der Waals surface area contributed by atoms with Crippen LogP contribution in [0.5, 0.6) is 0 Å². The Kier molecular flexibility index (Phi) is 6.04. The predicted molar refractivity (Wildman–Crippen MR) is 150 cm³/mol. The molecule has 0 unspecified atom stereocenters. The normalized spacial score (nSPS) is 60.3. The summed E-state index contributed by atoms with van der Waals surface area (Å²) in [5, 5.41) is 73.9. The highest BCUT2D eigenvalue weighted by atomic mass is 16.7. The number of esters is 1. The zero-order chi connectivity index (χ0) is 30.5. The molecule has 7 aliphatic rings. The molecule has 1 spiro atoms. The minimum Gasteiger partial charge on any atom is -0.453 e. The molecule has 10 nitrogen and oxygen atoms in total. The minimum absolute atomic E-state index is 0.0606. The van der Waals surface area contributed by atoms with Crippen molar-refractivity contribution in [1.29, 1.82) is 0 Å². The van der Waals surface area contributed by atoms with Gasteiger partial charge in [-0.1, -0.05) is 19.9 Å². The number of piperidine rings is 2. The van der Waals surface area contributed by atoms with Crippen LogP contribution in [0.2, 0.25) is 0 Å². The van der Waals surface area contributed by atoms with Crippen LogP contribution in [0.4, 0.5) is 0 Å². The maximum absolute atomic E-state index is 12.9. The molecule has 0 aromatic rings. The van der Waals surface area contributed by atoms with Crippen molar-refractivity contribution >= 4 is 5.97 Å². The Morgan fingerprint density at radius 1 is 0.952 bits per heavy atom. The molecule has 10 heteroatoms. The Labute approximate surface area is 247 Å². The number of aliphatic hydroxyl groups is 6. The van der Waals surface area contributed by atoms with Crippen LogP contribution < -0.4 is 0 Å². The Morgan fingerprint density at radius 3 is 2.33 bits per heavy atom. The third kappa shape index (κ3) is 3.07. The molecule has 0 amide bonds. The van der Waals surface area contributed by atoms with Gasteiger partial charge in [-0.05, 0) is 65.2 Å². The fourth-order valence-corrected chi connectivity index (χ4v) is 11.8. The molecule has 6 N–H and O–H groups in total. The Bertz CT molecular complexity index is 1220. The second-order valence-electron chi connectivity index (χ2n) is 15.7. The van der Waals surface area contributed by atoms with Crippen LogP contribution in [0.25, 0.3) is 0 Å². The Balaban J connectivity index is 1.32. The summed E-state index contributed by atoms with van der Waals surface area (Å²) < 4.78 is 12.6. The minimum atomic E-state index is -2.06. The summed E-state index contributed by atoms with van der Waals surface area (Å²) >= 11 is 0. The first-order chi connectivity index (χ1) is 19.5. The van der Waals surface area contributed by atoms with Crippen molar-refractivity contribution in [2.45, 2.75) is 138 Å². The van der Waals surface area contributed by atoms with Gasteiger partial charge in [-0.15, -0.1) is 0 Å². The molecule has 0 aromatic carbocycles. The number of ether oxygens (including phenoxy) is 2. The number of carbonyl (C=O) groups is 1. The SMILES string of the molecule is C/C=C(/C)C(=O)O[C@H]1CC[C@@]2(C)[C@H]3CC[C@@H]4[C@]5(O)C[C@H](O)[C@]6(O)[C@H](CN7C[C@H](C)CC[C@@H]7[C@@]6(C)O)[C@]5(O)C[C@]42O[C@@]13O. The fourth-order valence-electron chi connectivity index (χ4n) is 11.8. The van der Waals surface area contributed by atoms with E-state index in [2.05, 4.69) is 11.8 Å². The van der Waals surface area contributed by atoms with Crippen LogP contribution in [-0.2, 0) is 14.3 Å². The quantitative estimate of drug-likeness (QED) is 0.202. The Hall–Kier alpha value is -1.11. The molecular formula is C32H49NO9. The van der Waals surface area contributed by atoms with E-state index in [-0.39, 0.29) is 25.4 Å². The van der Waals surface area contributed by atoms with Crippen molar-refractivity contribution in [1.82, 2.24) is 4.90 Å². The first-order valence-electron chi connectivity index (χ1n) is 16.0. The highest BCUT2D eigenvalue weighted by Gasteiger charge is 2.88. The van der Waals surface area contributed by atoms with E-state index < -0.39 is 75.1 Å². The molecule has 7 rings (SSSR count). The van der Waals surface area contributed by atoms with Gasteiger partial charge in [-0.3, -0.25) is 4.90 Å². The van der Waals surface area contributed by atoms with E-state index in [4.69, 9.17) is 9.47 Å². The average Bonchev–Trinajstić information content (AvgIpc) is 3.09. The van der Waals surface area contributed by atoms with Gasteiger partial charge in [0.1, 0.15) is 22.4 Å². The standard InChI is InChI=1S/C32H49NO9/c1-6-18(3)25(35)41-24-11-12-26(4)19-8-9-20-28(37)13-23(34)31(39)21(29(28,38)16-30(20,26)42-32(19,24)40)15-33-14-17(2)7-10-22(33)27(31,5)36/h6,17,19-24,34,36-40H,7-16H2,1-5H3/b18-6-/t17-,19-,20-,21-,22-,23+,24+,26+,27-,28-,29-,30+,31-,32-/m1/s1. The molecule has 4 aliphatic carbocycles. The van der Waals surface area contributed by atoms with Gasteiger partial charge in [0.05, 0.1) is 11.7 Å². The van der Waals surface area contributed by atoms with Crippen molar-refractivity contribution in [3.8, 4) is 0 Å². The molecule has 4 bridgehead atoms. The van der Waals surface area contributed by atoms with Crippen LogP contribution in [-0.4, -0.2) is 107 Å². The fraction of sp³-hybridized carbons (Fsp3) is 0.906. The van der Waals surface area contributed by atoms with Gasteiger partial charge in [0.15, 0.2) is 6.10 Å². The molecule has 0 radical (unpaired) electrons. The van der Waals surface area contributed by atoms with E-state index >= 15 is 0 Å². The number of nitrogens with zero attached hydrogens (tertiary/aromatic N) is 1. The van der Waals surface area contributed by atoms with E-state index in [0.29, 0.717) is 50.1 Å². The van der Waals surface area contributed by atoms with Crippen molar-refractivity contribution in [3.05, 3.63) is 11.6 Å². The molecule has 4 saturated carbocycles.